The topological polar surface area (TPSA) is 67.4 Å². The molecule has 0 aromatic heterocycles. The summed E-state index contributed by atoms with van der Waals surface area (Å²) in [4.78, 5) is 25.3. The quantitative estimate of drug-likeness (QED) is 0.583. The van der Waals surface area contributed by atoms with Crippen molar-refractivity contribution in [1.82, 2.24) is 0 Å². The molecule has 3 rings (SSSR count). The Balaban J connectivity index is 1.70. The molecule has 0 fully saturated rings. The Bertz CT molecular complexity index is 967. The Morgan fingerprint density at radius 2 is 1.45 bits per heavy atom. The van der Waals surface area contributed by atoms with Gasteiger partial charge in [0.25, 0.3) is 11.8 Å². The molecule has 0 saturated carbocycles. The van der Waals surface area contributed by atoms with Crippen LogP contribution in [0, 0.1) is 5.92 Å². The lowest BCUT2D eigenvalue weighted by atomic mass is 10.1. The lowest BCUT2D eigenvalue weighted by molar-refractivity contribution is 0.102. The zero-order valence-electron chi connectivity index (χ0n) is 16.5. The van der Waals surface area contributed by atoms with E-state index in [0.717, 1.165) is 5.75 Å². The van der Waals surface area contributed by atoms with Gasteiger partial charge >= 0.3 is 0 Å². The molecular weight excluding hydrogens is 364 g/mol. The maximum absolute atomic E-state index is 12.6. The molecule has 3 aromatic carbocycles. The molecule has 0 heterocycles. The van der Waals surface area contributed by atoms with E-state index in [0.29, 0.717) is 35.0 Å². The van der Waals surface area contributed by atoms with Gasteiger partial charge in [-0.3, -0.25) is 9.59 Å². The number of benzene rings is 3. The van der Waals surface area contributed by atoms with Crippen LogP contribution in [0.25, 0.3) is 0 Å². The number of hydrogen-bond donors (Lipinski definition) is 2. The van der Waals surface area contributed by atoms with Crippen LogP contribution >= 0.6 is 0 Å². The molecular formula is C24H24N2O3. The molecule has 0 bridgehead atoms. The van der Waals surface area contributed by atoms with Crippen LogP contribution in [0.2, 0.25) is 0 Å². The number of carbonyl (C=O) groups is 2. The van der Waals surface area contributed by atoms with E-state index in [4.69, 9.17) is 4.74 Å². The Morgan fingerprint density at radius 3 is 2.14 bits per heavy atom. The molecule has 5 nitrogen and oxygen atoms in total. The zero-order valence-corrected chi connectivity index (χ0v) is 16.5. The molecule has 29 heavy (non-hydrogen) atoms. The van der Waals surface area contributed by atoms with Crippen LogP contribution in [0.1, 0.15) is 34.6 Å². The molecule has 0 atom stereocenters. The summed E-state index contributed by atoms with van der Waals surface area (Å²) < 4.78 is 5.64. The average Bonchev–Trinajstić information content (AvgIpc) is 2.73. The number of nitrogens with one attached hydrogen (secondary N) is 2. The van der Waals surface area contributed by atoms with Crippen molar-refractivity contribution in [3.8, 4) is 5.75 Å². The molecule has 0 saturated heterocycles. The molecule has 3 aromatic rings. The van der Waals surface area contributed by atoms with Crippen molar-refractivity contribution in [3.63, 3.8) is 0 Å². The van der Waals surface area contributed by atoms with Crippen molar-refractivity contribution in [2.45, 2.75) is 13.8 Å². The monoisotopic (exact) mass is 388 g/mol. The minimum Gasteiger partial charge on any atom is -0.493 e. The molecule has 2 amide bonds. The molecule has 0 aliphatic heterocycles. The first-order chi connectivity index (χ1) is 14.0. The predicted octanol–water partition coefficient (Wildman–Crippen LogP) is 5.23. The minimum atomic E-state index is -0.291. The minimum absolute atomic E-state index is 0.287. The van der Waals surface area contributed by atoms with E-state index in [1.807, 2.05) is 30.3 Å². The first-order valence-electron chi connectivity index (χ1n) is 9.52. The van der Waals surface area contributed by atoms with E-state index < -0.39 is 0 Å². The van der Waals surface area contributed by atoms with Crippen molar-refractivity contribution in [2.75, 3.05) is 17.2 Å². The van der Waals surface area contributed by atoms with Crippen LogP contribution in [0.4, 0.5) is 11.4 Å². The number of anilines is 2. The largest absolute Gasteiger partial charge is 0.493 e. The SMILES string of the molecule is CC(C)COc1ccc(C(=O)Nc2ccccc2C(=O)Nc2ccccc2)cc1. The van der Waals surface area contributed by atoms with Gasteiger partial charge in [0.15, 0.2) is 0 Å². The summed E-state index contributed by atoms with van der Waals surface area (Å²) in [5, 5.41) is 5.66. The fraction of sp³-hybridized carbons (Fsp3) is 0.167. The second-order valence-electron chi connectivity index (χ2n) is 7.05. The summed E-state index contributed by atoms with van der Waals surface area (Å²) in [5.41, 5.74) is 2.02. The summed E-state index contributed by atoms with van der Waals surface area (Å²) in [6.07, 6.45) is 0. The van der Waals surface area contributed by atoms with Crippen molar-refractivity contribution < 1.29 is 14.3 Å². The number of para-hydroxylation sites is 2. The lowest BCUT2D eigenvalue weighted by Crippen LogP contribution is -2.18. The van der Waals surface area contributed by atoms with Crippen LogP contribution in [-0.2, 0) is 0 Å². The van der Waals surface area contributed by atoms with Crippen LogP contribution in [-0.4, -0.2) is 18.4 Å². The van der Waals surface area contributed by atoms with Crippen LogP contribution in [0.5, 0.6) is 5.75 Å². The van der Waals surface area contributed by atoms with Gasteiger partial charge in [-0.15, -0.1) is 0 Å². The smallest absolute Gasteiger partial charge is 0.257 e. The fourth-order valence-corrected chi connectivity index (χ4v) is 2.67. The summed E-state index contributed by atoms with van der Waals surface area (Å²) >= 11 is 0. The van der Waals surface area contributed by atoms with E-state index in [-0.39, 0.29) is 11.8 Å². The third-order valence-electron chi connectivity index (χ3n) is 4.15. The second kappa shape index (κ2) is 9.55. The van der Waals surface area contributed by atoms with Gasteiger partial charge in [0.1, 0.15) is 5.75 Å². The van der Waals surface area contributed by atoms with E-state index in [1.165, 1.54) is 0 Å². The molecule has 0 spiro atoms. The zero-order chi connectivity index (χ0) is 20.6. The highest BCUT2D eigenvalue weighted by atomic mass is 16.5. The van der Waals surface area contributed by atoms with Gasteiger partial charge in [-0.05, 0) is 54.4 Å². The fourth-order valence-electron chi connectivity index (χ4n) is 2.67. The van der Waals surface area contributed by atoms with Gasteiger partial charge in [-0.2, -0.15) is 0 Å². The molecule has 0 radical (unpaired) electrons. The van der Waals surface area contributed by atoms with Gasteiger partial charge < -0.3 is 15.4 Å². The van der Waals surface area contributed by atoms with Crippen LogP contribution in [0.15, 0.2) is 78.9 Å². The number of hydrogen-bond acceptors (Lipinski definition) is 3. The van der Waals surface area contributed by atoms with Crippen molar-refractivity contribution in [3.05, 3.63) is 90.0 Å². The number of amides is 2. The van der Waals surface area contributed by atoms with Gasteiger partial charge in [0.05, 0.1) is 17.9 Å². The summed E-state index contributed by atoms with van der Waals surface area (Å²) in [6.45, 7) is 4.77. The molecule has 0 unspecified atom stereocenters. The van der Waals surface area contributed by atoms with Crippen LogP contribution in [0.3, 0.4) is 0 Å². The average molecular weight is 388 g/mol. The van der Waals surface area contributed by atoms with E-state index >= 15 is 0 Å². The first-order valence-corrected chi connectivity index (χ1v) is 9.52. The summed E-state index contributed by atoms with van der Waals surface area (Å²) in [6, 6.07) is 23.1. The molecule has 5 heteroatoms. The Morgan fingerprint density at radius 1 is 0.793 bits per heavy atom. The Kier molecular flexibility index (Phi) is 6.63. The van der Waals surface area contributed by atoms with Gasteiger partial charge in [0.2, 0.25) is 0 Å². The second-order valence-corrected chi connectivity index (χ2v) is 7.05. The number of rotatable bonds is 7. The number of carbonyl (C=O) groups excluding carboxylic acids is 2. The standard InChI is InChI=1S/C24H24N2O3/c1-17(2)16-29-20-14-12-18(13-15-20)23(27)26-22-11-7-6-10-21(22)24(28)25-19-8-4-3-5-9-19/h3-15,17H,16H2,1-2H3,(H,25,28)(H,26,27). The van der Waals surface area contributed by atoms with Crippen molar-refractivity contribution in [2.24, 2.45) is 5.92 Å². The van der Waals surface area contributed by atoms with Gasteiger partial charge in [-0.1, -0.05) is 44.2 Å². The van der Waals surface area contributed by atoms with E-state index in [9.17, 15) is 9.59 Å². The predicted molar refractivity (Wildman–Crippen MR) is 116 cm³/mol. The van der Waals surface area contributed by atoms with Crippen molar-refractivity contribution in [1.29, 1.82) is 0 Å². The highest BCUT2D eigenvalue weighted by Crippen LogP contribution is 2.19. The molecule has 0 aliphatic rings. The third-order valence-corrected chi connectivity index (χ3v) is 4.15. The van der Waals surface area contributed by atoms with E-state index in [1.54, 1.807) is 48.5 Å². The third kappa shape index (κ3) is 5.69. The Hall–Kier alpha value is -3.60. The van der Waals surface area contributed by atoms with Gasteiger partial charge in [-0.25, -0.2) is 0 Å². The maximum atomic E-state index is 12.6. The maximum Gasteiger partial charge on any atom is 0.257 e. The number of ether oxygens (including phenoxy) is 1. The normalized spacial score (nSPS) is 10.4. The van der Waals surface area contributed by atoms with Crippen LogP contribution < -0.4 is 15.4 Å². The van der Waals surface area contributed by atoms with Crippen molar-refractivity contribution >= 4 is 23.2 Å². The first kappa shape index (κ1) is 20.1. The van der Waals surface area contributed by atoms with E-state index in [2.05, 4.69) is 24.5 Å². The molecule has 0 aliphatic carbocycles. The highest BCUT2D eigenvalue weighted by Gasteiger charge is 2.14. The summed E-state index contributed by atoms with van der Waals surface area (Å²) in [7, 11) is 0. The van der Waals surface area contributed by atoms with Gasteiger partial charge in [0, 0.05) is 11.3 Å². The Labute approximate surface area is 170 Å². The summed E-state index contributed by atoms with van der Waals surface area (Å²) in [5.74, 6) is 0.569. The highest BCUT2D eigenvalue weighted by molar-refractivity contribution is 6.12. The molecule has 2 N–H and O–H groups in total. The molecule has 148 valence electrons. The lowest BCUT2D eigenvalue weighted by Gasteiger charge is -2.12.